The van der Waals surface area contributed by atoms with Gasteiger partial charge >= 0.3 is 0 Å². The standard InChI is InChI=1S/C15H17N5O4/c1-15(23)12(22)9(5-21)24-14(15)20-7-19-11-10(8-2-3-16-4-8)17-6-18-13(11)20/h2-4,6-7,9,12,14,16,21-23H,5H2,1H3/t9-,12-,14-,15-/m1/s1. The molecule has 24 heavy (non-hydrogen) atoms. The number of hydrogen-bond donors (Lipinski definition) is 4. The fourth-order valence-corrected chi connectivity index (χ4v) is 3.10. The number of aromatic amines is 1. The Balaban J connectivity index is 1.83. The first-order valence-corrected chi connectivity index (χ1v) is 7.51. The van der Waals surface area contributed by atoms with Crippen molar-refractivity contribution >= 4 is 11.2 Å². The van der Waals surface area contributed by atoms with Crippen LogP contribution in [0.25, 0.3) is 22.4 Å². The molecule has 1 fully saturated rings. The molecule has 0 saturated carbocycles. The van der Waals surface area contributed by atoms with E-state index >= 15 is 0 Å². The van der Waals surface area contributed by atoms with Crippen LogP contribution in [-0.2, 0) is 4.74 Å². The van der Waals surface area contributed by atoms with Gasteiger partial charge in [0, 0.05) is 18.0 Å². The molecular weight excluding hydrogens is 314 g/mol. The molecule has 0 unspecified atom stereocenters. The topological polar surface area (TPSA) is 129 Å². The molecule has 0 aromatic carbocycles. The second kappa shape index (κ2) is 5.35. The second-order valence-electron chi connectivity index (χ2n) is 6.03. The van der Waals surface area contributed by atoms with Crippen LogP contribution < -0.4 is 0 Å². The molecule has 0 spiro atoms. The number of fused-ring (bicyclic) bond motifs is 1. The molecule has 0 radical (unpaired) electrons. The number of rotatable bonds is 3. The molecule has 4 heterocycles. The number of H-pyrrole nitrogens is 1. The fraction of sp³-hybridized carbons (Fsp3) is 0.400. The summed E-state index contributed by atoms with van der Waals surface area (Å²) in [5.74, 6) is 0. The summed E-state index contributed by atoms with van der Waals surface area (Å²) in [4.78, 5) is 15.8. The van der Waals surface area contributed by atoms with Gasteiger partial charge in [-0.15, -0.1) is 0 Å². The summed E-state index contributed by atoms with van der Waals surface area (Å²) in [6.45, 7) is 1.06. The molecule has 4 N–H and O–H groups in total. The van der Waals surface area contributed by atoms with Crippen molar-refractivity contribution in [2.24, 2.45) is 0 Å². The van der Waals surface area contributed by atoms with Gasteiger partial charge in [-0.1, -0.05) is 0 Å². The Morgan fingerprint density at radius 3 is 2.88 bits per heavy atom. The number of hydrogen-bond acceptors (Lipinski definition) is 7. The van der Waals surface area contributed by atoms with Crippen molar-refractivity contribution in [2.45, 2.75) is 31.0 Å². The van der Waals surface area contributed by atoms with Gasteiger partial charge in [0.1, 0.15) is 35.3 Å². The molecule has 9 nitrogen and oxygen atoms in total. The van der Waals surface area contributed by atoms with Crippen molar-refractivity contribution in [1.29, 1.82) is 0 Å². The maximum Gasteiger partial charge on any atom is 0.168 e. The lowest BCUT2D eigenvalue weighted by Gasteiger charge is -2.27. The molecule has 9 heteroatoms. The van der Waals surface area contributed by atoms with Gasteiger partial charge < -0.3 is 25.0 Å². The van der Waals surface area contributed by atoms with Crippen molar-refractivity contribution < 1.29 is 20.1 Å². The van der Waals surface area contributed by atoms with Crippen LogP contribution >= 0.6 is 0 Å². The molecular formula is C15H17N5O4. The van der Waals surface area contributed by atoms with E-state index < -0.39 is 30.6 Å². The lowest BCUT2D eigenvalue weighted by molar-refractivity contribution is -0.0950. The van der Waals surface area contributed by atoms with Gasteiger partial charge in [-0.2, -0.15) is 0 Å². The molecule has 3 aromatic heterocycles. The Morgan fingerprint density at radius 1 is 1.38 bits per heavy atom. The summed E-state index contributed by atoms with van der Waals surface area (Å²) < 4.78 is 7.18. The zero-order chi connectivity index (χ0) is 16.9. The normalized spacial score (nSPS) is 30.2. The highest BCUT2D eigenvalue weighted by molar-refractivity contribution is 5.86. The van der Waals surface area contributed by atoms with Gasteiger partial charge in [-0.25, -0.2) is 15.0 Å². The van der Waals surface area contributed by atoms with Crippen molar-refractivity contribution in [3.8, 4) is 11.3 Å². The zero-order valence-electron chi connectivity index (χ0n) is 12.9. The van der Waals surface area contributed by atoms with Crippen LogP contribution in [0.2, 0.25) is 0 Å². The molecule has 3 aromatic rings. The van der Waals surface area contributed by atoms with Gasteiger partial charge in [0.15, 0.2) is 11.9 Å². The monoisotopic (exact) mass is 331 g/mol. The predicted octanol–water partition coefficient (Wildman–Crippen LogP) is -0.177. The van der Waals surface area contributed by atoms with E-state index in [1.807, 2.05) is 6.07 Å². The molecule has 1 aliphatic rings. The van der Waals surface area contributed by atoms with Crippen molar-refractivity contribution in [2.75, 3.05) is 6.61 Å². The SMILES string of the molecule is C[C@@]1(O)[C@H](O)[C@@H](CO)O[C@H]1n1cnc2c(-c3cc[nH]c3)ncnc21. The lowest BCUT2D eigenvalue weighted by Crippen LogP contribution is -2.44. The van der Waals surface area contributed by atoms with Crippen molar-refractivity contribution in [3.05, 3.63) is 31.1 Å². The summed E-state index contributed by atoms with van der Waals surface area (Å²) in [5, 5.41) is 30.1. The number of imidazole rings is 1. The lowest BCUT2D eigenvalue weighted by atomic mass is 9.96. The van der Waals surface area contributed by atoms with Crippen LogP contribution in [0.1, 0.15) is 13.2 Å². The smallest absolute Gasteiger partial charge is 0.168 e. The maximum atomic E-state index is 10.6. The zero-order valence-corrected chi connectivity index (χ0v) is 12.9. The van der Waals surface area contributed by atoms with Crippen LogP contribution in [0, 0.1) is 0 Å². The number of nitrogens with one attached hydrogen (secondary N) is 1. The van der Waals surface area contributed by atoms with Gasteiger partial charge in [0.2, 0.25) is 0 Å². The third-order valence-corrected chi connectivity index (χ3v) is 4.42. The third kappa shape index (κ3) is 2.06. The van der Waals surface area contributed by atoms with Gasteiger partial charge in [0.05, 0.1) is 12.9 Å². The van der Waals surface area contributed by atoms with Crippen LogP contribution in [-0.4, -0.2) is 64.2 Å². The van der Waals surface area contributed by atoms with E-state index in [-0.39, 0.29) is 0 Å². The average Bonchev–Trinajstić information content (AvgIpc) is 3.28. The van der Waals surface area contributed by atoms with E-state index in [4.69, 9.17) is 4.74 Å². The van der Waals surface area contributed by atoms with Crippen molar-refractivity contribution in [3.63, 3.8) is 0 Å². The minimum Gasteiger partial charge on any atom is -0.394 e. The Kier molecular flexibility index (Phi) is 3.39. The molecule has 4 rings (SSSR count). The van der Waals surface area contributed by atoms with E-state index in [0.29, 0.717) is 16.9 Å². The van der Waals surface area contributed by atoms with Gasteiger partial charge in [-0.3, -0.25) is 4.57 Å². The maximum absolute atomic E-state index is 10.6. The van der Waals surface area contributed by atoms with Gasteiger partial charge in [-0.05, 0) is 13.0 Å². The highest BCUT2D eigenvalue weighted by Crippen LogP contribution is 2.39. The third-order valence-electron chi connectivity index (χ3n) is 4.42. The fourth-order valence-electron chi connectivity index (χ4n) is 3.10. The van der Waals surface area contributed by atoms with Crippen LogP contribution in [0.15, 0.2) is 31.1 Å². The predicted molar refractivity (Wildman–Crippen MR) is 82.7 cm³/mol. The Bertz CT molecular complexity index is 860. The van der Waals surface area contributed by atoms with E-state index in [1.165, 1.54) is 19.6 Å². The first-order chi connectivity index (χ1) is 11.5. The van der Waals surface area contributed by atoms with Crippen LogP contribution in [0.3, 0.4) is 0 Å². The number of nitrogens with zero attached hydrogens (tertiary/aromatic N) is 4. The van der Waals surface area contributed by atoms with Gasteiger partial charge in [0.25, 0.3) is 0 Å². The summed E-state index contributed by atoms with van der Waals surface area (Å²) in [5.41, 5.74) is 0.938. The van der Waals surface area contributed by atoms with E-state index in [2.05, 4.69) is 19.9 Å². The highest BCUT2D eigenvalue weighted by Gasteiger charge is 2.53. The molecule has 0 aliphatic carbocycles. The first-order valence-electron chi connectivity index (χ1n) is 7.51. The molecule has 126 valence electrons. The minimum absolute atomic E-state index is 0.399. The number of aliphatic hydroxyl groups is 3. The summed E-state index contributed by atoms with van der Waals surface area (Å²) in [6, 6.07) is 1.87. The van der Waals surface area contributed by atoms with Crippen molar-refractivity contribution in [1.82, 2.24) is 24.5 Å². The molecule has 1 aliphatic heterocycles. The van der Waals surface area contributed by atoms with Crippen LogP contribution in [0.5, 0.6) is 0 Å². The van der Waals surface area contributed by atoms with E-state index in [1.54, 1.807) is 17.0 Å². The minimum atomic E-state index is -1.60. The number of aromatic nitrogens is 5. The largest absolute Gasteiger partial charge is 0.394 e. The average molecular weight is 331 g/mol. The molecule has 0 amide bonds. The second-order valence-corrected chi connectivity index (χ2v) is 6.03. The quantitative estimate of drug-likeness (QED) is 0.524. The first kappa shape index (κ1) is 15.2. The van der Waals surface area contributed by atoms with E-state index in [9.17, 15) is 15.3 Å². The molecule has 4 atom stereocenters. The molecule has 1 saturated heterocycles. The highest BCUT2D eigenvalue weighted by atomic mass is 16.6. The Morgan fingerprint density at radius 2 is 2.21 bits per heavy atom. The van der Waals surface area contributed by atoms with E-state index in [0.717, 1.165) is 5.56 Å². The summed E-state index contributed by atoms with van der Waals surface area (Å²) >= 11 is 0. The summed E-state index contributed by atoms with van der Waals surface area (Å²) in [6.07, 6.45) is 3.45. The summed E-state index contributed by atoms with van der Waals surface area (Å²) in [7, 11) is 0. The van der Waals surface area contributed by atoms with Crippen LogP contribution in [0.4, 0.5) is 0 Å². The Hall–Kier alpha value is -2.33. The number of ether oxygens (including phenoxy) is 1. The number of aliphatic hydroxyl groups excluding tert-OH is 2. The molecule has 0 bridgehead atoms. The Labute approximate surface area is 136 Å².